The van der Waals surface area contributed by atoms with Gasteiger partial charge in [0.1, 0.15) is 12.2 Å². The first kappa shape index (κ1) is 14.8. The Morgan fingerprint density at radius 1 is 1.20 bits per heavy atom. The van der Waals surface area contributed by atoms with E-state index in [1.807, 2.05) is 0 Å². The molecular weight excluding hydrogens is 252 g/mol. The van der Waals surface area contributed by atoms with Crippen LogP contribution in [0.25, 0.3) is 0 Å². The molecule has 1 aliphatic carbocycles. The van der Waals surface area contributed by atoms with Crippen molar-refractivity contribution in [2.24, 2.45) is 10.8 Å². The van der Waals surface area contributed by atoms with E-state index in [9.17, 15) is 9.59 Å². The SMILES string of the molecule is C=CCC1=C2OC(=O)CC(=O)[C@]2(CC=C)CCC1(C)C. The number of allylic oxidation sites excluding steroid dienone is 4. The Balaban J connectivity index is 2.64. The van der Waals surface area contributed by atoms with Crippen LogP contribution in [0.15, 0.2) is 36.6 Å². The van der Waals surface area contributed by atoms with E-state index in [1.165, 1.54) is 0 Å². The highest BCUT2D eigenvalue weighted by Gasteiger charge is 2.53. The molecule has 1 atom stereocenters. The topological polar surface area (TPSA) is 43.4 Å². The summed E-state index contributed by atoms with van der Waals surface area (Å²) in [4.78, 5) is 24.2. The third-order valence-electron chi connectivity index (χ3n) is 4.60. The molecule has 0 bridgehead atoms. The lowest BCUT2D eigenvalue weighted by Crippen LogP contribution is -2.46. The highest BCUT2D eigenvalue weighted by atomic mass is 16.5. The molecule has 108 valence electrons. The minimum absolute atomic E-state index is 0.0271. The number of rotatable bonds is 4. The number of carbonyl (C=O) groups excluding carboxylic acids is 2. The predicted molar refractivity (Wildman–Crippen MR) is 77.8 cm³/mol. The first-order chi connectivity index (χ1) is 9.37. The van der Waals surface area contributed by atoms with Gasteiger partial charge in [0, 0.05) is 0 Å². The zero-order chi connectivity index (χ0) is 15.0. The summed E-state index contributed by atoms with van der Waals surface area (Å²) in [6, 6.07) is 0. The van der Waals surface area contributed by atoms with E-state index < -0.39 is 11.4 Å². The van der Waals surface area contributed by atoms with Crippen molar-refractivity contribution >= 4 is 11.8 Å². The van der Waals surface area contributed by atoms with Crippen LogP contribution in [0.5, 0.6) is 0 Å². The smallest absolute Gasteiger partial charge is 0.318 e. The Kier molecular flexibility index (Phi) is 3.72. The fourth-order valence-electron chi connectivity index (χ4n) is 3.33. The fourth-order valence-corrected chi connectivity index (χ4v) is 3.33. The van der Waals surface area contributed by atoms with E-state index in [-0.39, 0.29) is 17.6 Å². The fraction of sp³-hybridized carbons (Fsp3) is 0.529. The lowest BCUT2D eigenvalue weighted by Gasteiger charge is -2.46. The second kappa shape index (κ2) is 5.04. The number of fused-ring (bicyclic) bond motifs is 1. The van der Waals surface area contributed by atoms with Gasteiger partial charge in [0.15, 0.2) is 5.78 Å². The molecule has 20 heavy (non-hydrogen) atoms. The van der Waals surface area contributed by atoms with Crippen molar-refractivity contribution in [1.29, 1.82) is 0 Å². The largest absolute Gasteiger partial charge is 0.430 e. The quantitative estimate of drug-likeness (QED) is 0.446. The molecule has 3 nitrogen and oxygen atoms in total. The Bertz CT molecular complexity index is 510. The minimum Gasteiger partial charge on any atom is -0.430 e. The van der Waals surface area contributed by atoms with Gasteiger partial charge in [-0.05, 0) is 36.7 Å². The van der Waals surface area contributed by atoms with Crippen LogP contribution < -0.4 is 0 Å². The normalized spacial score (nSPS) is 28.7. The summed E-state index contributed by atoms with van der Waals surface area (Å²) in [5.41, 5.74) is 0.275. The van der Waals surface area contributed by atoms with E-state index in [2.05, 4.69) is 27.0 Å². The van der Waals surface area contributed by atoms with Gasteiger partial charge in [0.25, 0.3) is 0 Å². The predicted octanol–water partition coefficient (Wildman–Crippen LogP) is 3.72. The first-order valence-corrected chi connectivity index (χ1v) is 7.07. The van der Waals surface area contributed by atoms with Gasteiger partial charge in [-0.25, -0.2) is 0 Å². The second-order valence-electron chi connectivity index (χ2n) is 6.33. The van der Waals surface area contributed by atoms with Gasteiger partial charge in [-0.15, -0.1) is 13.2 Å². The maximum Gasteiger partial charge on any atom is 0.318 e. The number of Topliss-reactive ketones (excluding diaryl/α,β-unsaturated/α-hetero) is 1. The zero-order valence-electron chi connectivity index (χ0n) is 12.3. The highest BCUT2D eigenvalue weighted by molar-refractivity contribution is 6.03. The van der Waals surface area contributed by atoms with E-state index in [1.54, 1.807) is 12.2 Å². The molecule has 0 amide bonds. The number of carbonyl (C=O) groups is 2. The second-order valence-corrected chi connectivity index (χ2v) is 6.33. The van der Waals surface area contributed by atoms with Crippen LogP contribution in [-0.4, -0.2) is 11.8 Å². The summed E-state index contributed by atoms with van der Waals surface area (Å²) in [6.07, 6.45) is 6.22. The minimum atomic E-state index is -0.677. The van der Waals surface area contributed by atoms with Crippen molar-refractivity contribution in [2.45, 2.75) is 46.0 Å². The molecule has 2 aliphatic rings. The molecule has 0 N–H and O–H groups in total. The van der Waals surface area contributed by atoms with Crippen LogP contribution in [0.1, 0.15) is 46.0 Å². The summed E-state index contributed by atoms with van der Waals surface area (Å²) in [5.74, 6) is 0.111. The molecule has 3 heteroatoms. The van der Waals surface area contributed by atoms with Crippen LogP contribution in [-0.2, 0) is 14.3 Å². The number of hydrogen-bond donors (Lipinski definition) is 0. The zero-order valence-corrected chi connectivity index (χ0v) is 12.3. The third kappa shape index (κ3) is 2.15. The van der Waals surface area contributed by atoms with Crippen LogP contribution in [0.4, 0.5) is 0 Å². The molecular formula is C17H22O3. The summed E-state index contributed by atoms with van der Waals surface area (Å²) < 4.78 is 5.54. The lowest BCUT2D eigenvalue weighted by atomic mass is 9.60. The molecule has 0 aromatic carbocycles. The number of hydrogen-bond acceptors (Lipinski definition) is 3. The standard InChI is InChI=1S/C17H22O3/c1-5-7-12-15-17(8-6-2,10-9-16(12,3)4)13(18)11-14(19)20-15/h5-6H,1-2,7-11H2,3-4H3/t17-/m0/s1. The Morgan fingerprint density at radius 2 is 1.90 bits per heavy atom. The molecule has 0 aromatic rings. The molecule has 1 aliphatic heterocycles. The molecule has 1 heterocycles. The van der Waals surface area contributed by atoms with Gasteiger partial charge in [0.05, 0.1) is 5.41 Å². The van der Waals surface area contributed by atoms with Gasteiger partial charge < -0.3 is 4.74 Å². The molecule has 0 saturated carbocycles. The number of ether oxygens (including phenoxy) is 1. The van der Waals surface area contributed by atoms with Crippen molar-refractivity contribution in [3.05, 3.63) is 36.6 Å². The lowest BCUT2D eigenvalue weighted by molar-refractivity contribution is -0.155. The summed E-state index contributed by atoms with van der Waals surface area (Å²) >= 11 is 0. The van der Waals surface area contributed by atoms with Gasteiger partial charge in [-0.3, -0.25) is 9.59 Å². The Morgan fingerprint density at radius 3 is 2.50 bits per heavy atom. The van der Waals surface area contributed by atoms with Gasteiger partial charge in [-0.2, -0.15) is 0 Å². The monoisotopic (exact) mass is 274 g/mol. The molecule has 1 fully saturated rings. The molecule has 0 radical (unpaired) electrons. The molecule has 1 saturated heterocycles. The summed E-state index contributed by atoms with van der Waals surface area (Å²) in [7, 11) is 0. The summed E-state index contributed by atoms with van der Waals surface area (Å²) in [5, 5.41) is 0. The van der Waals surface area contributed by atoms with Crippen molar-refractivity contribution in [3.8, 4) is 0 Å². The average molecular weight is 274 g/mol. The maximum atomic E-state index is 12.5. The summed E-state index contributed by atoms with van der Waals surface area (Å²) in [6.45, 7) is 11.8. The molecule has 0 spiro atoms. The van der Waals surface area contributed by atoms with E-state index in [0.717, 1.165) is 12.0 Å². The van der Waals surface area contributed by atoms with Gasteiger partial charge >= 0.3 is 5.97 Å². The van der Waals surface area contributed by atoms with E-state index >= 15 is 0 Å². The number of ketones is 1. The molecule has 2 rings (SSSR count). The number of esters is 1. The maximum absolute atomic E-state index is 12.5. The van der Waals surface area contributed by atoms with Crippen LogP contribution in [0.3, 0.4) is 0 Å². The van der Waals surface area contributed by atoms with Crippen molar-refractivity contribution < 1.29 is 14.3 Å². The first-order valence-electron chi connectivity index (χ1n) is 7.07. The van der Waals surface area contributed by atoms with Crippen LogP contribution in [0, 0.1) is 10.8 Å². The van der Waals surface area contributed by atoms with Gasteiger partial charge in [-0.1, -0.05) is 26.0 Å². The van der Waals surface area contributed by atoms with Crippen molar-refractivity contribution in [1.82, 2.24) is 0 Å². The Hall–Kier alpha value is -1.64. The van der Waals surface area contributed by atoms with Crippen LogP contribution in [0.2, 0.25) is 0 Å². The van der Waals surface area contributed by atoms with Crippen LogP contribution >= 0.6 is 0 Å². The van der Waals surface area contributed by atoms with E-state index in [4.69, 9.17) is 4.74 Å². The highest BCUT2D eigenvalue weighted by Crippen LogP contribution is 2.54. The molecule has 0 aromatic heterocycles. The van der Waals surface area contributed by atoms with Gasteiger partial charge in [0.2, 0.25) is 0 Å². The average Bonchev–Trinajstić information content (AvgIpc) is 2.36. The Labute approximate surface area is 120 Å². The van der Waals surface area contributed by atoms with E-state index in [0.29, 0.717) is 25.0 Å². The third-order valence-corrected chi connectivity index (χ3v) is 4.60. The van der Waals surface area contributed by atoms with Crippen molar-refractivity contribution in [2.75, 3.05) is 0 Å². The molecule has 0 unspecified atom stereocenters. The van der Waals surface area contributed by atoms with Crippen molar-refractivity contribution in [3.63, 3.8) is 0 Å².